The number of aromatic hydroxyl groups is 1. The second kappa shape index (κ2) is 13.1. The van der Waals surface area contributed by atoms with Gasteiger partial charge in [-0.25, -0.2) is 0 Å². The van der Waals surface area contributed by atoms with Gasteiger partial charge in [-0.15, -0.1) is 23.2 Å². The van der Waals surface area contributed by atoms with Gasteiger partial charge in [-0.2, -0.15) is 0 Å². The maximum atomic E-state index is 11.4. The molecule has 0 bridgehead atoms. The molecular weight excluding hydrogens is 410 g/mol. The Bertz CT molecular complexity index is 766. The predicted octanol–water partition coefficient (Wildman–Crippen LogP) is -0.540. The number of carbonyl (C=O) groups excluding carboxylic acids is 1. The number of hydrogen-bond acceptors (Lipinski definition) is 5. The molecule has 28 heavy (non-hydrogen) atoms. The number of anilines is 1. The quantitative estimate of drug-likeness (QED) is 0.312. The molecule has 2 aromatic rings. The second-order valence-corrected chi connectivity index (χ2v) is 6.66. The minimum Gasteiger partial charge on any atom is -0.548 e. The number of carboxylic acid groups (broad SMARTS) is 1. The van der Waals surface area contributed by atoms with E-state index in [9.17, 15) is 15.0 Å². The SMILES string of the molecule is O=C([O-])C(Cc1ccc(N(CCCl)CCCl)cc1)N=Cc1ccccc1O.[Na+]. The maximum Gasteiger partial charge on any atom is 1.00 e. The first kappa shape index (κ1) is 24.8. The zero-order valence-corrected chi connectivity index (χ0v) is 19.2. The minimum absolute atomic E-state index is 0. The summed E-state index contributed by atoms with van der Waals surface area (Å²) in [6.45, 7) is 1.36. The summed E-state index contributed by atoms with van der Waals surface area (Å²) in [6.07, 6.45) is 1.55. The predicted molar refractivity (Wildman–Crippen MR) is 108 cm³/mol. The molecule has 0 aliphatic rings. The molecule has 0 spiro atoms. The number of phenols is 1. The molecule has 0 aromatic heterocycles. The monoisotopic (exact) mass is 430 g/mol. The molecular formula is C20H21Cl2N2NaO3. The summed E-state index contributed by atoms with van der Waals surface area (Å²) in [6, 6.07) is 13.1. The average molecular weight is 431 g/mol. The molecule has 0 heterocycles. The number of alkyl halides is 2. The summed E-state index contributed by atoms with van der Waals surface area (Å²) in [4.78, 5) is 17.6. The number of halogens is 2. The first-order valence-corrected chi connectivity index (χ1v) is 9.60. The van der Waals surface area contributed by atoms with Crippen LogP contribution in [0.25, 0.3) is 0 Å². The number of aliphatic imine (C=N–C) groups is 1. The Balaban J connectivity index is 0.00000392. The Labute approximate surface area is 197 Å². The topological polar surface area (TPSA) is 76.0 Å². The van der Waals surface area contributed by atoms with Gasteiger partial charge in [0.15, 0.2) is 0 Å². The first-order chi connectivity index (χ1) is 13.0. The zero-order chi connectivity index (χ0) is 19.6. The smallest absolute Gasteiger partial charge is 0.548 e. The van der Waals surface area contributed by atoms with Gasteiger partial charge < -0.3 is 19.9 Å². The van der Waals surface area contributed by atoms with Crippen molar-refractivity contribution in [3.63, 3.8) is 0 Å². The molecule has 1 N–H and O–H groups in total. The summed E-state index contributed by atoms with van der Waals surface area (Å²) >= 11 is 11.6. The van der Waals surface area contributed by atoms with Crippen molar-refractivity contribution in [2.24, 2.45) is 4.99 Å². The van der Waals surface area contributed by atoms with Gasteiger partial charge in [-0.1, -0.05) is 24.3 Å². The zero-order valence-electron chi connectivity index (χ0n) is 15.7. The first-order valence-electron chi connectivity index (χ1n) is 8.53. The summed E-state index contributed by atoms with van der Waals surface area (Å²) in [5, 5.41) is 21.2. The molecule has 0 fully saturated rings. The van der Waals surface area contributed by atoms with Gasteiger partial charge in [0.25, 0.3) is 0 Å². The standard InChI is InChI=1S/C20H22Cl2N2O3.Na/c21-9-11-24(12-10-22)17-7-5-15(6-8-17)13-18(20(26)27)23-14-16-3-1-2-4-19(16)25;/h1-8,14,18,25H,9-13H2,(H,26,27);/q;+1/p-1. The van der Waals surface area contributed by atoms with E-state index in [4.69, 9.17) is 23.2 Å². The van der Waals surface area contributed by atoms with Crippen LogP contribution in [-0.2, 0) is 11.2 Å². The number of para-hydroxylation sites is 1. The molecule has 8 heteroatoms. The van der Waals surface area contributed by atoms with E-state index in [0.29, 0.717) is 30.4 Å². The van der Waals surface area contributed by atoms with E-state index in [1.54, 1.807) is 18.2 Å². The Morgan fingerprint density at radius 2 is 1.71 bits per heavy atom. The number of aliphatic carboxylic acids is 1. The van der Waals surface area contributed by atoms with Crippen LogP contribution in [-0.4, -0.2) is 48.2 Å². The third kappa shape index (κ3) is 7.64. The normalized spacial score (nSPS) is 11.8. The molecule has 0 aliphatic carbocycles. The summed E-state index contributed by atoms with van der Waals surface area (Å²) in [5.74, 6) is -0.239. The van der Waals surface area contributed by atoms with Crippen LogP contribution >= 0.6 is 23.2 Å². The fourth-order valence-electron chi connectivity index (χ4n) is 2.60. The Morgan fingerprint density at radius 1 is 1.11 bits per heavy atom. The second-order valence-electron chi connectivity index (χ2n) is 5.91. The number of carboxylic acids is 1. The van der Waals surface area contributed by atoms with E-state index in [2.05, 4.69) is 9.89 Å². The van der Waals surface area contributed by atoms with Crippen molar-refractivity contribution < 1.29 is 44.6 Å². The molecule has 2 aromatic carbocycles. The molecule has 0 aliphatic heterocycles. The van der Waals surface area contributed by atoms with Crippen LogP contribution in [0.4, 0.5) is 5.69 Å². The molecule has 1 unspecified atom stereocenters. The van der Waals surface area contributed by atoms with Gasteiger partial charge >= 0.3 is 29.6 Å². The number of nitrogens with zero attached hydrogens (tertiary/aromatic N) is 2. The van der Waals surface area contributed by atoms with Crippen LogP contribution in [0.15, 0.2) is 53.5 Å². The molecule has 5 nitrogen and oxygen atoms in total. The third-order valence-electron chi connectivity index (χ3n) is 4.04. The Kier molecular flexibility index (Phi) is 11.6. The van der Waals surface area contributed by atoms with Crippen molar-refractivity contribution in [3.8, 4) is 5.75 Å². The summed E-state index contributed by atoms with van der Waals surface area (Å²) in [7, 11) is 0. The van der Waals surface area contributed by atoms with Crippen LogP contribution in [0.5, 0.6) is 5.75 Å². The van der Waals surface area contributed by atoms with Crippen LogP contribution in [0, 0.1) is 0 Å². The van der Waals surface area contributed by atoms with Crippen molar-refractivity contribution in [2.45, 2.75) is 12.5 Å². The van der Waals surface area contributed by atoms with Crippen LogP contribution in [0.3, 0.4) is 0 Å². The average Bonchev–Trinajstić information content (AvgIpc) is 2.66. The molecule has 144 valence electrons. The fraction of sp³-hybridized carbons (Fsp3) is 0.300. The number of benzene rings is 2. The van der Waals surface area contributed by atoms with Crippen molar-refractivity contribution >= 4 is 41.1 Å². The number of rotatable bonds is 10. The van der Waals surface area contributed by atoms with E-state index < -0.39 is 12.0 Å². The van der Waals surface area contributed by atoms with Crippen molar-refractivity contribution in [2.75, 3.05) is 29.7 Å². The molecule has 0 radical (unpaired) electrons. The number of phenolic OH excluding ortho intramolecular Hbond substituents is 1. The van der Waals surface area contributed by atoms with Crippen LogP contribution in [0.1, 0.15) is 11.1 Å². The largest absolute Gasteiger partial charge is 1.00 e. The fourth-order valence-corrected chi connectivity index (χ4v) is 3.01. The van der Waals surface area contributed by atoms with Gasteiger partial charge in [0.1, 0.15) is 5.75 Å². The van der Waals surface area contributed by atoms with E-state index in [1.165, 1.54) is 12.3 Å². The maximum absolute atomic E-state index is 11.4. The molecule has 0 saturated carbocycles. The van der Waals surface area contributed by atoms with Crippen LogP contribution < -0.4 is 39.6 Å². The summed E-state index contributed by atoms with van der Waals surface area (Å²) in [5.41, 5.74) is 2.25. The molecule has 0 saturated heterocycles. The molecule has 0 amide bonds. The van der Waals surface area contributed by atoms with Crippen molar-refractivity contribution in [3.05, 3.63) is 59.7 Å². The van der Waals surface area contributed by atoms with E-state index in [1.807, 2.05) is 24.3 Å². The van der Waals surface area contributed by atoms with Gasteiger partial charge in [-0.3, -0.25) is 4.99 Å². The van der Waals surface area contributed by atoms with Gasteiger partial charge in [0, 0.05) is 48.7 Å². The minimum atomic E-state index is -1.27. The van der Waals surface area contributed by atoms with E-state index in [-0.39, 0.29) is 41.7 Å². The van der Waals surface area contributed by atoms with E-state index >= 15 is 0 Å². The van der Waals surface area contributed by atoms with Crippen molar-refractivity contribution in [1.29, 1.82) is 0 Å². The number of carbonyl (C=O) groups is 1. The molecule has 2 rings (SSSR count). The molecule has 1 atom stereocenters. The van der Waals surface area contributed by atoms with Gasteiger partial charge in [0.2, 0.25) is 0 Å². The van der Waals surface area contributed by atoms with E-state index in [0.717, 1.165) is 11.3 Å². The van der Waals surface area contributed by atoms with Crippen LogP contribution in [0.2, 0.25) is 0 Å². The van der Waals surface area contributed by atoms with Crippen molar-refractivity contribution in [1.82, 2.24) is 0 Å². The Morgan fingerprint density at radius 3 is 2.25 bits per heavy atom. The number of hydrogen-bond donors (Lipinski definition) is 1. The third-order valence-corrected chi connectivity index (χ3v) is 4.38. The van der Waals surface area contributed by atoms with Gasteiger partial charge in [-0.05, 0) is 29.8 Å². The Hall–Kier alpha value is -1.24. The van der Waals surface area contributed by atoms with Gasteiger partial charge in [0.05, 0.1) is 12.0 Å². The summed E-state index contributed by atoms with van der Waals surface area (Å²) < 4.78 is 0.